The second-order valence-electron chi connectivity index (χ2n) is 4.90. The number of hydrogen-bond donors (Lipinski definition) is 2. The molecule has 1 aromatic rings. The van der Waals surface area contributed by atoms with Crippen molar-refractivity contribution in [2.75, 3.05) is 6.54 Å². The van der Waals surface area contributed by atoms with Gasteiger partial charge in [0.2, 0.25) is 0 Å². The van der Waals surface area contributed by atoms with Crippen molar-refractivity contribution in [3.63, 3.8) is 0 Å². The van der Waals surface area contributed by atoms with Gasteiger partial charge in [-0.25, -0.2) is 0 Å². The van der Waals surface area contributed by atoms with Gasteiger partial charge in [-0.2, -0.15) is 0 Å². The maximum absolute atomic E-state index is 5.82. The quantitative estimate of drug-likeness (QED) is 0.773. The lowest BCUT2D eigenvalue weighted by Crippen LogP contribution is -2.35. The summed E-state index contributed by atoms with van der Waals surface area (Å²) in [6, 6.07) is 11.2. The lowest BCUT2D eigenvalue weighted by molar-refractivity contribution is 0.397. The van der Waals surface area contributed by atoms with Crippen molar-refractivity contribution in [2.45, 2.75) is 39.3 Å². The van der Waals surface area contributed by atoms with Gasteiger partial charge >= 0.3 is 0 Å². The second kappa shape index (κ2) is 6.66. The van der Waals surface area contributed by atoms with Crippen LogP contribution in [0.25, 0.3) is 0 Å². The van der Waals surface area contributed by atoms with Crippen molar-refractivity contribution in [3.8, 4) is 0 Å². The van der Waals surface area contributed by atoms with Gasteiger partial charge in [0.1, 0.15) is 0 Å². The van der Waals surface area contributed by atoms with Gasteiger partial charge in [0.05, 0.1) is 0 Å². The van der Waals surface area contributed by atoms with Gasteiger partial charge in [-0.1, -0.05) is 44.2 Å². The molecule has 2 atom stereocenters. The first kappa shape index (κ1) is 13.2. The zero-order valence-corrected chi connectivity index (χ0v) is 10.6. The summed E-state index contributed by atoms with van der Waals surface area (Å²) in [4.78, 5) is 0. The molecule has 3 N–H and O–H groups in total. The van der Waals surface area contributed by atoms with Crippen molar-refractivity contribution in [2.24, 2.45) is 11.7 Å². The SMILES string of the molecule is CC(C)CC(C)NC(CN)c1ccccc1. The molecule has 0 saturated carbocycles. The Hall–Kier alpha value is -0.860. The Balaban J connectivity index is 2.56. The third-order valence-electron chi connectivity index (χ3n) is 2.75. The van der Waals surface area contributed by atoms with Crippen LogP contribution in [0.2, 0.25) is 0 Å². The highest BCUT2D eigenvalue weighted by Gasteiger charge is 2.12. The topological polar surface area (TPSA) is 38.0 Å². The Morgan fingerprint density at radius 2 is 1.75 bits per heavy atom. The summed E-state index contributed by atoms with van der Waals surface area (Å²) in [6.45, 7) is 7.37. The first-order valence-corrected chi connectivity index (χ1v) is 6.14. The molecule has 2 nitrogen and oxygen atoms in total. The van der Waals surface area contributed by atoms with Crippen LogP contribution in [0.4, 0.5) is 0 Å². The summed E-state index contributed by atoms with van der Waals surface area (Å²) in [7, 11) is 0. The molecule has 0 aliphatic carbocycles. The van der Waals surface area contributed by atoms with E-state index in [1.807, 2.05) is 6.07 Å². The first-order chi connectivity index (χ1) is 7.63. The fourth-order valence-electron chi connectivity index (χ4n) is 2.10. The van der Waals surface area contributed by atoms with E-state index in [0.717, 1.165) is 5.92 Å². The van der Waals surface area contributed by atoms with Crippen LogP contribution in [-0.2, 0) is 0 Å². The van der Waals surface area contributed by atoms with Crippen molar-refractivity contribution in [3.05, 3.63) is 35.9 Å². The summed E-state index contributed by atoms with van der Waals surface area (Å²) >= 11 is 0. The van der Waals surface area contributed by atoms with E-state index in [-0.39, 0.29) is 6.04 Å². The predicted molar refractivity (Wildman–Crippen MR) is 70.3 cm³/mol. The summed E-state index contributed by atoms with van der Waals surface area (Å²) in [5, 5.41) is 3.59. The highest BCUT2D eigenvalue weighted by atomic mass is 15.0. The van der Waals surface area contributed by atoms with Crippen molar-refractivity contribution in [1.82, 2.24) is 5.32 Å². The Labute approximate surface area is 99.2 Å². The number of hydrogen-bond acceptors (Lipinski definition) is 2. The molecule has 1 aromatic carbocycles. The van der Waals surface area contributed by atoms with Gasteiger partial charge in [-0.3, -0.25) is 0 Å². The molecule has 0 spiro atoms. The van der Waals surface area contributed by atoms with E-state index in [0.29, 0.717) is 12.6 Å². The molecule has 0 radical (unpaired) electrons. The minimum atomic E-state index is 0.273. The molecule has 2 unspecified atom stereocenters. The number of rotatable bonds is 6. The predicted octanol–water partition coefficient (Wildman–Crippen LogP) is 2.71. The molecule has 90 valence electrons. The van der Waals surface area contributed by atoms with Gasteiger partial charge in [-0.05, 0) is 24.8 Å². The second-order valence-corrected chi connectivity index (χ2v) is 4.90. The van der Waals surface area contributed by atoms with Gasteiger partial charge in [0, 0.05) is 18.6 Å². The van der Waals surface area contributed by atoms with E-state index in [4.69, 9.17) is 5.73 Å². The molecular formula is C14H24N2. The Morgan fingerprint density at radius 3 is 2.25 bits per heavy atom. The van der Waals surface area contributed by atoms with Crippen LogP contribution in [-0.4, -0.2) is 12.6 Å². The lowest BCUT2D eigenvalue weighted by Gasteiger charge is -2.23. The molecule has 0 aliphatic rings. The van der Waals surface area contributed by atoms with E-state index in [1.54, 1.807) is 0 Å². The monoisotopic (exact) mass is 220 g/mol. The average Bonchev–Trinajstić information content (AvgIpc) is 2.26. The molecule has 16 heavy (non-hydrogen) atoms. The standard InChI is InChI=1S/C14H24N2/c1-11(2)9-12(3)16-14(10-15)13-7-5-4-6-8-13/h4-8,11-12,14,16H,9-10,15H2,1-3H3. The number of nitrogens with one attached hydrogen (secondary N) is 1. The minimum absolute atomic E-state index is 0.273. The van der Waals surface area contributed by atoms with Gasteiger partial charge in [0.15, 0.2) is 0 Å². The Morgan fingerprint density at radius 1 is 1.12 bits per heavy atom. The average molecular weight is 220 g/mol. The van der Waals surface area contributed by atoms with Gasteiger partial charge in [-0.15, -0.1) is 0 Å². The normalized spacial score (nSPS) is 15.1. The molecule has 0 heterocycles. The molecule has 0 fully saturated rings. The molecule has 2 heteroatoms. The van der Waals surface area contributed by atoms with Crippen molar-refractivity contribution >= 4 is 0 Å². The van der Waals surface area contributed by atoms with Crippen LogP contribution < -0.4 is 11.1 Å². The first-order valence-electron chi connectivity index (χ1n) is 6.14. The summed E-state index contributed by atoms with van der Waals surface area (Å²) in [5.74, 6) is 0.719. The van der Waals surface area contributed by atoms with E-state index in [9.17, 15) is 0 Å². The minimum Gasteiger partial charge on any atom is -0.329 e. The molecule has 0 bridgehead atoms. The van der Waals surface area contributed by atoms with Crippen molar-refractivity contribution in [1.29, 1.82) is 0 Å². The van der Waals surface area contributed by atoms with Crippen LogP contribution in [0.1, 0.15) is 38.8 Å². The highest BCUT2D eigenvalue weighted by molar-refractivity contribution is 5.19. The molecule has 1 rings (SSSR count). The summed E-state index contributed by atoms with van der Waals surface area (Å²) in [5.41, 5.74) is 7.10. The molecule has 0 saturated heterocycles. The smallest absolute Gasteiger partial charge is 0.0446 e. The van der Waals surface area contributed by atoms with Crippen LogP contribution in [0.5, 0.6) is 0 Å². The molecular weight excluding hydrogens is 196 g/mol. The van der Waals surface area contributed by atoms with E-state index in [1.165, 1.54) is 12.0 Å². The zero-order valence-electron chi connectivity index (χ0n) is 10.6. The van der Waals surface area contributed by atoms with Crippen LogP contribution >= 0.6 is 0 Å². The van der Waals surface area contributed by atoms with Crippen LogP contribution in [0.3, 0.4) is 0 Å². The third-order valence-corrected chi connectivity index (χ3v) is 2.75. The zero-order chi connectivity index (χ0) is 12.0. The molecule has 0 amide bonds. The largest absolute Gasteiger partial charge is 0.329 e. The highest BCUT2D eigenvalue weighted by Crippen LogP contribution is 2.14. The summed E-state index contributed by atoms with van der Waals surface area (Å²) in [6.07, 6.45) is 1.18. The maximum atomic E-state index is 5.82. The van der Waals surface area contributed by atoms with Crippen molar-refractivity contribution < 1.29 is 0 Å². The van der Waals surface area contributed by atoms with Crippen LogP contribution in [0.15, 0.2) is 30.3 Å². The number of nitrogens with two attached hydrogens (primary N) is 1. The lowest BCUT2D eigenvalue weighted by atomic mass is 10.0. The molecule has 0 aromatic heterocycles. The van der Waals surface area contributed by atoms with Crippen LogP contribution in [0, 0.1) is 5.92 Å². The Bertz CT molecular complexity index is 282. The van der Waals surface area contributed by atoms with Gasteiger partial charge in [0.25, 0.3) is 0 Å². The molecule has 0 aliphatic heterocycles. The van der Waals surface area contributed by atoms with E-state index >= 15 is 0 Å². The fourth-order valence-corrected chi connectivity index (χ4v) is 2.10. The van der Waals surface area contributed by atoms with E-state index in [2.05, 4.69) is 50.4 Å². The number of benzene rings is 1. The summed E-state index contributed by atoms with van der Waals surface area (Å²) < 4.78 is 0. The van der Waals surface area contributed by atoms with E-state index < -0.39 is 0 Å². The maximum Gasteiger partial charge on any atom is 0.0446 e. The third kappa shape index (κ3) is 4.33. The fraction of sp³-hybridized carbons (Fsp3) is 0.571. The van der Waals surface area contributed by atoms with Gasteiger partial charge < -0.3 is 11.1 Å². The Kier molecular flexibility index (Phi) is 5.50.